The normalized spacial score (nSPS) is 24.1. The number of hydrogen-bond donors (Lipinski definition) is 0. The maximum Gasteiger partial charge on any atom is 0.190 e. The van der Waals surface area contributed by atoms with Gasteiger partial charge in [-0.1, -0.05) is 34.6 Å². The van der Waals surface area contributed by atoms with Crippen molar-refractivity contribution in [2.75, 3.05) is 39.6 Å². The van der Waals surface area contributed by atoms with E-state index in [0.29, 0.717) is 29.8 Å². The standard InChI is InChI=1S/C20H40O5Si/c1-6-19(24-13-18-12-23-18)26-25-14-20(15(2)3,16(4)5)8-7-9-21-10-17-11-22-17/h15-19H,6-14,26H2,1-5H3. The molecule has 3 unspecified atom stereocenters. The van der Waals surface area contributed by atoms with Gasteiger partial charge >= 0.3 is 0 Å². The first-order valence-corrected chi connectivity index (χ1v) is 11.9. The van der Waals surface area contributed by atoms with E-state index in [1.165, 1.54) is 0 Å². The van der Waals surface area contributed by atoms with Crippen LogP contribution < -0.4 is 0 Å². The minimum atomic E-state index is -0.695. The lowest BCUT2D eigenvalue weighted by Gasteiger charge is -2.42. The van der Waals surface area contributed by atoms with E-state index in [4.69, 9.17) is 23.4 Å². The van der Waals surface area contributed by atoms with E-state index in [0.717, 1.165) is 58.9 Å². The second-order valence-electron chi connectivity index (χ2n) is 8.51. The van der Waals surface area contributed by atoms with Crippen LogP contribution in [0.15, 0.2) is 0 Å². The molecule has 2 saturated heterocycles. The maximum atomic E-state index is 6.35. The Kier molecular flexibility index (Phi) is 9.54. The molecule has 3 atom stereocenters. The van der Waals surface area contributed by atoms with Crippen LogP contribution in [0.1, 0.15) is 53.9 Å². The van der Waals surface area contributed by atoms with Gasteiger partial charge in [0.05, 0.1) is 32.2 Å². The van der Waals surface area contributed by atoms with Crippen molar-refractivity contribution < 1.29 is 23.4 Å². The Morgan fingerprint density at radius 2 is 1.65 bits per heavy atom. The van der Waals surface area contributed by atoms with Gasteiger partial charge < -0.3 is 23.4 Å². The summed E-state index contributed by atoms with van der Waals surface area (Å²) >= 11 is 0. The Balaban J connectivity index is 1.73. The van der Waals surface area contributed by atoms with E-state index < -0.39 is 9.76 Å². The zero-order valence-electron chi connectivity index (χ0n) is 17.5. The summed E-state index contributed by atoms with van der Waals surface area (Å²) in [5.41, 5.74) is 0.516. The van der Waals surface area contributed by atoms with Crippen molar-refractivity contribution in [3.8, 4) is 0 Å². The molecule has 2 aliphatic rings. The van der Waals surface area contributed by atoms with Crippen molar-refractivity contribution in [1.82, 2.24) is 0 Å². The van der Waals surface area contributed by atoms with Crippen LogP contribution >= 0.6 is 0 Å². The molecule has 5 nitrogen and oxygen atoms in total. The molecule has 2 rings (SSSR count). The van der Waals surface area contributed by atoms with Gasteiger partial charge in [0.15, 0.2) is 9.76 Å². The highest BCUT2D eigenvalue weighted by molar-refractivity contribution is 6.29. The largest absolute Gasteiger partial charge is 0.421 e. The molecule has 2 heterocycles. The van der Waals surface area contributed by atoms with Crippen molar-refractivity contribution in [1.29, 1.82) is 0 Å². The third kappa shape index (κ3) is 7.56. The average Bonchev–Trinajstić information content (AvgIpc) is 3.49. The lowest BCUT2D eigenvalue weighted by atomic mass is 9.67. The van der Waals surface area contributed by atoms with E-state index >= 15 is 0 Å². The summed E-state index contributed by atoms with van der Waals surface area (Å²) in [6.45, 7) is 16.4. The minimum absolute atomic E-state index is 0.213. The smallest absolute Gasteiger partial charge is 0.190 e. The van der Waals surface area contributed by atoms with Gasteiger partial charge in [-0.3, -0.25) is 0 Å². The lowest BCUT2D eigenvalue weighted by Crippen LogP contribution is -2.40. The zero-order chi connectivity index (χ0) is 19.0. The van der Waals surface area contributed by atoms with E-state index in [1.54, 1.807) is 0 Å². The molecule has 0 radical (unpaired) electrons. The van der Waals surface area contributed by atoms with Crippen molar-refractivity contribution in [2.45, 2.75) is 71.8 Å². The lowest BCUT2D eigenvalue weighted by molar-refractivity contribution is 0.0125. The highest BCUT2D eigenvalue weighted by Gasteiger charge is 2.37. The molecule has 0 N–H and O–H groups in total. The van der Waals surface area contributed by atoms with Crippen LogP contribution in [0.3, 0.4) is 0 Å². The summed E-state index contributed by atoms with van der Waals surface area (Å²) in [4.78, 5) is 0. The molecular formula is C20H40O5Si. The monoisotopic (exact) mass is 388 g/mol. The van der Waals surface area contributed by atoms with Crippen molar-refractivity contribution in [3.63, 3.8) is 0 Å². The molecule has 0 aromatic rings. The predicted molar refractivity (Wildman–Crippen MR) is 106 cm³/mol. The van der Waals surface area contributed by atoms with Crippen LogP contribution in [0.2, 0.25) is 0 Å². The molecule has 0 aliphatic carbocycles. The first-order valence-electron chi connectivity index (χ1n) is 10.5. The Bertz CT molecular complexity index is 374. The topological polar surface area (TPSA) is 52.8 Å². The maximum absolute atomic E-state index is 6.35. The highest BCUT2D eigenvalue weighted by atomic mass is 28.2. The van der Waals surface area contributed by atoms with E-state index in [-0.39, 0.29) is 5.41 Å². The van der Waals surface area contributed by atoms with Crippen LogP contribution in [0.4, 0.5) is 0 Å². The van der Waals surface area contributed by atoms with Gasteiger partial charge in [0.25, 0.3) is 0 Å². The fourth-order valence-electron chi connectivity index (χ4n) is 3.60. The van der Waals surface area contributed by atoms with Gasteiger partial charge in [-0.05, 0) is 36.5 Å². The third-order valence-corrected chi connectivity index (χ3v) is 7.61. The summed E-state index contributed by atoms with van der Waals surface area (Å²) in [5.74, 6) is 1.17. The third-order valence-electron chi connectivity index (χ3n) is 5.99. The Hall–Kier alpha value is 0.0169. The van der Waals surface area contributed by atoms with Crippen LogP contribution in [-0.2, 0) is 23.4 Å². The molecule has 0 aromatic heterocycles. The molecule has 2 fully saturated rings. The van der Waals surface area contributed by atoms with Gasteiger partial charge in [-0.15, -0.1) is 0 Å². The van der Waals surface area contributed by atoms with Crippen LogP contribution in [-0.4, -0.2) is 67.3 Å². The van der Waals surface area contributed by atoms with E-state index in [9.17, 15) is 0 Å². The zero-order valence-corrected chi connectivity index (χ0v) is 18.9. The minimum Gasteiger partial charge on any atom is -0.421 e. The molecular weight excluding hydrogens is 348 g/mol. The molecule has 0 amide bonds. The summed E-state index contributed by atoms with van der Waals surface area (Å²) in [6, 6.07) is 0. The molecule has 0 spiro atoms. The van der Waals surface area contributed by atoms with Crippen LogP contribution in [0.5, 0.6) is 0 Å². The molecule has 2 aliphatic heterocycles. The summed E-state index contributed by atoms with van der Waals surface area (Å²) in [7, 11) is -0.695. The van der Waals surface area contributed by atoms with Crippen LogP contribution in [0, 0.1) is 17.3 Å². The number of hydrogen-bond acceptors (Lipinski definition) is 5. The SMILES string of the molecule is CCC(OCC1CO1)[SiH2]OCC(CCCOCC1CO1)(C(C)C)C(C)C. The number of rotatable bonds is 16. The van der Waals surface area contributed by atoms with Gasteiger partial charge in [0.2, 0.25) is 0 Å². The average molecular weight is 389 g/mol. The Morgan fingerprint density at radius 1 is 1.04 bits per heavy atom. The van der Waals surface area contributed by atoms with Gasteiger partial charge in [-0.2, -0.15) is 0 Å². The quantitative estimate of drug-likeness (QED) is 0.231. The van der Waals surface area contributed by atoms with Gasteiger partial charge in [0, 0.05) is 13.2 Å². The molecule has 0 aromatic carbocycles. The Morgan fingerprint density at radius 3 is 2.19 bits per heavy atom. The van der Waals surface area contributed by atoms with E-state index in [2.05, 4.69) is 34.6 Å². The summed E-state index contributed by atoms with van der Waals surface area (Å²) in [6.07, 6.45) is 3.96. The molecule has 0 saturated carbocycles. The fraction of sp³-hybridized carbons (Fsp3) is 1.00. The summed E-state index contributed by atoms with van der Waals surface area (Å²) < 4.78 is 28.5. The van der Waals surface area contributed by atoms with E-state index in [1.807, 2.05) is 0 Å². The highest BCUT2D eigenvalue weighted by Crippen LogP contribution is 2.40. The molecule has 0 bridgehead atoms. The number of ether oxygens (including phenoxy) is 4. The first-order chi connectivity index (χ1) is 12.5. The second-order valence-corrected chi connectivity index (χ2v) is 10.2. The second kappa shape index (κ2) is 11.1. The molecule has 6 heteroatoms. The fourth-order valence-corrected chi connectivity index (χ4v) is 4.83. The van der Waals surface area contributed by atoms with Crippen molar-refractivity contribution in [2.24, 2.45) is 17.3 Å². The summed E-state index contributed by atoms with van der Waals surface area (Å²) in [5, 5.41) is 0. The predicted octanol–water partition coefficient (Wildman–Crippen LogP) is 2.73. The first kappa shape index (κ1) is 22.3. The molecule has 26 heavy (non-hydrogen) atoms. The Labute approximate surface area is 162 Å². The van der Waals surface area contributed by atoms with Crippen molar-refractivity contribution in [3.05, 3.63) is 0 Å². The van der Waals surface area contributed by atoms with Gasteiger partial charge in [-0.25, -0.2) is 0 Å². The van der Waals surface area contributed by atoms with Gasteiger partial charge in [0.1, 0.15) is 12.2 Å². The van der Waals surface area contributed by atoms with Crippen LogP contribution in [0.25, 0.3) is 0 Å². The number of epoxide rings is 2. The van der Waals surface area contributed by atoms with Crippen molar-refractivity contribution >= 4 is 9.76 Å². The molecule has 154 valence electrons.